The lowest BCUT2D eigenvalue weighted by atomic mass is 10.1. The quantitative estimate of drug-likeness (QED) is 0.810. The highest BCUT2D eigenvalue weighted by Crippen LogP contribution is 2.17. The molecule has 2 rings (SSSR count). The Kier molecular flexibility index (Phi) is 6.06. The molecule has 0 radical (unpaired) electrons. The van der Waals surface area contributed by atoms with Crippen molar-refractivity contribution >= 4 is 17.3 Å². The molecule has 6 heteroatoms. The molecule has 2 aromatic rings. The van der Waals surface area contributed by atoms with Crippen molar-refractivity contribution in [2.45, 2.75) is 20.0 Å². The van der Waals surface area contributed by atoms with E-state index >= 15 is 0 Å². The van der Waals surface area contributed by atoms with Gasteiger partial charge >= 0.3 is 5.97 Å². The second-order valence-corrected chi connectivity index (χ2v) is 6.01. The standard InChI is InChI=1S/C16H20N2O3S/c1-12-15(22-11-17-12)10-18(7-8-21-2)9-13-3-5-14(6-4-13)16(19)20/h3-6,11H,7-10H2,1-2H3,(H,19,20). The molecule has 0 saturated heterocycles. The summed E-state index contributed by atoms with van der Waals surface area (Å²) in [7, 11) is 1.69. The molecule has 0 fully saturated rings. The number of carboxylic acids is 1. The van der Waals surface area contributed by atoms with E-state index in [4.69, 9.17) is 9.84 Å². The Balaban J connectivity index is 2.05. The summed E-state index contributed by atoms with van der Waals surface area (Å²) in [4.78, 5) is 18.7. The van der Waals surface area contributed by atoms with Crippen LogP contribution in [0.5, 0.6) is 0 Å². The number of hydrogen-bond acceptors (Lipinski definition) is 5. The van der Waals surface area contributed by atoms with Gasteiger partial charge in [0.25, 0.3) is 0 Å². The van der Waals surface area contributed by atoms with Crippen LogP contribution < -0.4 is 0 Å². The molecule has 1 aromatic carbocycles. The van der Waals surface area contributed by atoms with Gasteiger partial charge in [0.2, 0.25) is 0 Å². The second-order valence-electron chi connectivity index (χ2n) is 5.07. The van der Waals surface area contributed by atoms with Gasteiger partial charge in [0, 0.05) is 31.6 Å². The number of ether oxygens (including phenoxy) is 1. The first-order valence-electron chi connectivity index (χ1n) is 7.02. The van der Waals surface area contributed by atoms with Crippen LogP contribution in [0.3, 0.4) is 0 Å². The van der Waals surface area contributed by atoms with Crippen LogP contribution in [-0.2, 0) is 17.8 Å². The predicted molar refractivity (Wildman–Crippen MR) is 86.2 cm³/mol. The van der Waals surface area contributed by atoms with Gasteiger partial charge in [-0.2, -0.15) is 0 Å². The summed E-state index contributed by atoms with van der Waals surface area (Å²) >= 11 is 1.66. The summed E-state index contributed by atoms with van der Waals surface area (Å²) in [5, 5.41) is 8.94. The molecule has 0 aliphatic rings. The van der Waals surface area contributed by atoms with Gasteiger partial charge in [-0.25, -0.2) is 9.78 Å². The van der Waals surface area contributed by atoms with Gasteiger partial charge in [-0.1, -0.05) is 12.1 Å². The molecule has 0 amide bonds. The molecule has 0 unspecified atom stereocenters. The number of benzene rings is 1. The molecule has 118 valence electrons. The molecule has 0 aliphatic carbocycles. The summed E-state index contributed by atoms with van der Waals surface area (Å²) in [5.41, 5.74) is 4.32. The van der Waals surface area contributed by atoms with Gasteiger partial charge in [-0.05, 0) is 24.6 Å². The fourth-order valence-corrected chi connectivity index (χ4v) is 2.94. The minimum atomic E-state index is -0.900. The molecule has 5 nitrogen and oxygen atoms in total. The van der Waals surface area contributed by atoms with E-state index in [9.17, 15) is 4.79 Å². The number of thiazole rings is 1. The number of nitrogens with zero attached hydrogens (tertiary/aromatic N) is 2. The average Bonchev–Trinajstić information content (AvgIpc) is 2.90. The van der Waals surface area contributed by atoms with Crippen molar-refractivity contribution in [1.29, 1.82) is 0 Å². The highest BCUT2D eigenvalue weighted by molar-refractivity contribution is 7.09. The Morgan fingerprint density at radius 3 is 2.59 bits per heavy atom. The van der Waals surface area contributed by atoms with E-state index in [1.165, 1.54) is 4.88 Å². The van der Waals surface area contributed by atoms with Crippen molar-refractivity contribution in [3.8, 4) is 0 Å². The molecule has 1 N–H and O–H groups in total. The van der Waals surface area contributed by atoms with E-state index in [0.717, 1.165) is 30.9 Å². The van der Waals surface area contributed by atoms with Crippen LogP contribution in [0.2, 0.25) is 0 Å². The van der Waals surface area contributed by atoms with Crippen LogP contribution in [0.25, 0.3) is 0 Å². The zero-order valence-electron chi connectivity index (χ0n) is 12.8. The molecule has 0 saturated carbocycles. The van der Waals surface area contributed by atoms with Crippen molar-refractivity contribution < 1.29 is 14.6 Å². The fourth-order valence-electron chi connectivity index (χ4n) is 2.13. The molecule has 1 heterocycles. The number of aromatic nitrogens is 1. The third-order valence-corrected chi connectivity index (χ3v) is 4.35. The number of carbonyl (C=O) groups is 1. The van der Waals surface area contributed by atoms with Crippen molar-refractivity contribution in [1.82, 2.24) is 9.88 Å². The normalized spacial score (nSPS) is 11.0. The SMILES string of the molecule is COCCN(Cc1ccc(C(=O)O)cc1)Cc1scnc1C. The van der Waals surface area contributed by atoms with Crippen LogP contribution in [0.4, 0.5) is 0 Å². The minimum Gasteiger partial charge on any atom is -0.478 e. The third kappa shape index (κ3) is 4.62. The van der Waals surface area contributed by atoms with E-state index in [1.807, 2.05) is 24.6 Å². The number of methoxy groups -OCH3 is 1. The van der Waals surface area contributed by atoms with Crippen molar-refractivity contribution in [3.05, 3.63) is 51.5 Å². The van der Waals surface area contributed by atoms with Crippen molar-refractivity contribution in [2.75, 3.05) is 20.3 Å². The van der Waals surface area contributed by atoms with E-state index in [0.29, 0.717) is 12.2 Å². The maximum absolute atomic E-state index is 10.9. The van der Waals surface area contributed by atoms with Crippen LogP contribution in [0, 0.1) is 6.92 Å². The van der Waals surface area contributed by atoms with Gasteiger partial charge in [0.15, 0.2) is 0 Å². The van der Waals surface area contributed by atoms with E-state index in [1.54, 1.807) is 30.6 Å². The zero-order chi connectivity index (χ0) is 15.9. The first kappa shape index (κ1) is 16.6. The Morgan fingerprint density at radius 2 is 2.05 bits per heavy atom. The Bertz CT molecular complexity index is 610. The first-order valence-corrected chi connectivity index (χ1v) is 7.90. The topological polar surface area (TPSA) is 62.7 Å². The zero-order valence-corrected chi connectivity index (χ0v) is 13.6. The highest BCUT2D eigenvalue weighted by atomic mass is 32.1. The first-order chi connectivity index (χ1) is 10.6. The van der Waals surface area contributed by atoms with E-state index in [-0.39, 0.29) is 0 Å². The number of carboxylic acid groups (broad SMARTS) is 1. The lowest BCUT2D eigenvalue weighted by Crippen LogP contribution is -2.26. The molecular formula is C16H20N2O3S. The van der Waals surface area contributed by atoms with Gasteiger partial charge < -0.3 is 9.84 Å². The maximum Gasteiger partial charge on any atom is 0.335 e. The van der Waals surface area contributed by atoms with Gasteiger partial charge in [0.05, 0.1) is 23.4 Å². The van der Waals surface area contributed by atoms with Crippen LogP contribution in [0.15, 0.2) is 29.8 Å². The summed E-state index contributed by atoms with van der Waals surface area (Å²) in [5.74, 6) is -0.900. The van der Waals surface area contributed by atoms with E-state index < -0.39 is 5.97 Å². The largest absolute Gasteiger partial charge is 0.478 e. The summed E-state index contributed by atoms with van der Waals surface area (Å²) < 4.78 is 5.18. The smallest absolute Gasteiger partial charge is 0.335 e. The molecule has 0 atom stereocenters. The number of hydrogen-bond donors (Lipinski definition) is 1. The molecule has 0 aliphatic heterocycles. The average molecular weight is 320 g/mol. The van der Waals surface area contributed by atoms with Crippen molar-refractivity contribution in [3.63, 3.8) is 0 Å². The summed E-state index contributed by atoms with van der Waals surface area (Å²) in [6.45, 7) is 5.06. The maximum atomic E-state index is 10.9. The van der Waals surface area contributed by atoms with Gasteiger partial charge in [-0.3, -0.25) is 4.90 Å². The number of aromatic carboxylic acids is 1. The molecule has 0 spiro atoms. The molecule has 0 bridgehead atoms. The van der Waals surface area contributed by atoms with Crippen molar-refractivity contribution in [2.24, 2.45) is 0 Å². The Labute approximate surface area is 134 Å². The lowest BCUT2D eigenvalue weighted by Gasteiger charge is -2.21. The van der Waals surface area contributed by atoms with Crippen LogP contribution in [0.1, 0.15) is 26.5 Å². The van der Waals surface area contributed by atoms with Crippen LogP contribution >= 0.6 is 11.3 Å². The molecule has 1 aromatic heterocycles. The lowest BCUT2D eigenvalue weighted by molar-refractivity contribution is 0.0697. The van der Waals surface area contributed by atoms with Crippen LogP contribution in [-0.4, -0.2) is 41.2 Å². The Morgan fingerprint density at radius 1 is 1.32 bits per heavy atom. The molecular weight excluding hydrogens is 300 g/mol. The predicted octanol–water partition coefficient (Wildman–Crippen LogP) is 2.80. The third-order valence-electron chi connectivity index (χ3n) is 3.43. The van der Waals surface area contributed by atoms with E-state index in [2.05, 4.69) is 9.88 Å². The highest BCUT2D eigenvalue weighted by Gasteiger charge is 2.11. The Hall–Kier alpha value is -1.76. The van der Waals surface area contributed by atoms with Gasteiger partial charge in [-0.15, -0.1) is 11.3 Å². The minimum absolute atomic E-state index is 0.311. The number of aryl methyl sites for hydroxylation is 1. The van der Waals surface area contributed by atoms with Gasteiger partial charge in [0.1, 0.15) is 0 Å². The second kappa shape index (κ2) is 8.03. The summed E-state index contributed by atoms with van der Waals surface area (Å²) in [6, 6.07) is 7.01. The summed E-state index contributed by atoms with van der Waals surface area (Å²) in [6.07, 6.45) is 0. The fraction of sp³-hybridized carbons (Fsp3) is 0.375. The monoisotopic (exact) mass is 320 g/mol. The number of rotatable bonds is 8. The molecule has 22 heavy (non-hydrogen) atoms.